The first kappa shape index (κ1) is 13.2. The average molecular weight is 307 g/mol. The summed E-state index contributed by atoms with van der Waals surface area (Å²) in [6, 6.07) is 7.44. The van der Waals surface area contributed by atoms with E-state index >= 15 is 0 Å². The molecule has 2 heterocycles. The molecule has 3 aromatic rings. The molecule has 0 spiro atoms. The molecule has 102 valence electrons. The van der Waals surface area contributed by atoms with E-state index in [0.29, 0.717) is 16.0 Å². The first-order valence-electron chi connectivity index (χ1n) is 6.18. The summed E-state index contributed by atoms with van der Waals surface area (Å²) in [4.78, 5) is 0. The second-order valence-electron chi connectivity index (χ2n) is 4.48. The standard InChI is InChI=1S/C14H12Cl2N4/c1-2-8-5-13-18-19-14(17)20(13)7-11(8)10-4-3-9(15)6-12(10)16/h3-7H,2H2,1H3,(H2,17,19). The largest absolute Gasteiger partial charge is 0.368 e. The molecule has 6 heteroatoms. The number of fused-ring (bicyclic) bond motifs is 1. The lowest BCUT2D eigenvalue weighted by atomic mass is 10.0. The maximum Gasteiger partial charge on any atom is 0.226 e. The summed E-state index contributed by atoms with van der Waals surface area (Å²) in [5.41, 5.74) is 9.60. The van der Waals surface area contributed by atoms with Gasteiger partial charge in [0.05, 0.1) is 0 Å². The van der Waals surface area contributed by atoms with Gasteiger partial charge >= 0.3 is 0 Å². The minimum atomic E-state index is 0.356. The number of hydrogen-bond acceptors (Lipinski definition) is 3. The van der Waals surface area contributed by atoms with Crippen molar-refractivity contribution in [2.75, 3.05) is 5.73 Å². The second kappa shape index (κ2) is 4.96. The Hall–Kier alpha value is -1.78. The van der Waals surface area contributed by atoms with Gasteiger partial charge in [0.2, 0.25) is 5.95 Å². The number of aryl methyl sites for hydroxylation is 1. The zero-order chi connectivity index (χ0) is 14.3. The van der Waals surface area contributed by atoms with Gasteiger partial charge in [-0.1, -0.05) is 36.2 Å². The van der Waals surface area contributed by atoms with Crippen LogP contribution in [0.5, 0.6) is 0 Å². The molecule has 0 saturated heterocycles. The number of hydrogen-bond donors (Lipinski definition) is 1. The number of benzene rings is 1. The van der Waals surface area contributed by atoms with Crippen LogP contribution in [0.2, 0.25) is 10.0 Å². The fourth-order valence-electron chi connectivity index (χ4n) is 2.24. The van der Waals surface area contributed by atoms with E-state index in [1.807, 2.05) is 24.4 Å². The summed E-state index contributed by atoms with van der Waals surface area (Å²) in [5.74, 6) is 0.356. The van der Waals surface area contributed by atoms with Crippen LogP contribution >= 0.6 is 23.2 Å². The third-order valence-corrected chi connectivity index (χ3v) is 3.81. The van der Waals surface area contributed by atoms with Gasteiger partial charge in [-0.05, 0) is 30.2 Å². The zero-order valence-electron chi connectivity index (χ0n) is 10.8. The molecule has 2 aromatic heterocycles. The second-order valence-corrected chi connectivity index (χ2v) is 5.32. The van der Waals surface area contributed by atoms with E-state index < -0.39 is 0 Å². The van der Waals surface area contributed by atoms with Crippen LogP contribution in [0.1, 0.15) is 12.5 Å². The quantitative estimate of drug-likeness (QED) is 0.782. The van der Waals surface area contributed by atoms with Crippen molar-refractivity contribution in [3.63, 3.8) is 0 Å². The lowest BCUT2D eigenvalue weighted by Gasteiger charge is -2.11. The van der Waals surface area contributed by atoms with Crippen LogP contribution in [-0.4, -0.2) is 14.6 Å². The summed E-state index contributed by atoms with van der Waals surface area (Å²) in [5, 5.41) is 9.13. The van der Waals surface area contributed by atoms with E-state index in [2.05, 4.69) is 17.1 Å². The molecule has 20 heavy (non-hydrogen) atoms. The van der Waals surface area contributed by atoms with Crippen molar-refractivity contribution in [2.45, 2.75) is 13.3 Å². The van der Waals surface area contributed by atoms with Gasteiger partial charge in [-0.3, -0.25) is 4.40 Å². The van der Waals surface area contributed by atoms with E-state index in [0.717, 1.165) is 28.8 Å². The van der Waals surface area contributed by atoms with Gasteiger partial charge in [0.25, 0.3) is 0 Å². The van der Waals surface area contributed by atoms with Gasteiger partial charge < -0.3 is 5.73 Å². The first-order valence-corrected chi connectivity index (χ1v) is 6.94. The van der Waals surface area contributed by atoms with Crippen molar-refractivity contribution >= 4 is 34.8 Å². The average Bonchev–Trinajstić information content (AvgIpc) is 2.78. The molecule has 0 amide bonds. The monoisotopic (exact) mass is 306 g/mol. The van der Waals surface area contributed by atoms with Crippen LogP contribution in [0.3, 0.4) is 0 Å². The minimum absolute atomic E-state index is 0.356. The van der Waals surface area contributed by atoms with Gasteiger partial charge in [0, 0.05) is 27.4 Å². The normalized spacial score (nSPS) is 11.2. The van der Waals surface area contributed by atoms with Crippen LogP contribution in [0.4, 0.5) is 5.95 Å². The molecule has 0 bridgehead atoms. The van der Waals surface area contributed by atoms with E-state index in [1.165, 1.54) is 0 Å². The van der Waals surface area contributed by atoms with Crippen LogP contribution in [0.25, 0.3) is 16.8 Å². The Bertz CT molecular complexity index is 795. The number of aromatic nitrogens is 3. The highest BCUT2D eigenvalue weighted by atomic mass is 35.5. The van der Waals surface area contributed by atoms with Crippen molar-refractivity contribution in [1.29, 1.82) is 0 Å². The van der Waals surface area contributed by atoms with Gasteiger partial charge in [0.1, 0.15) is 0 Å². The van der Waals surface area contributed by atoms with Crippen LogP contribution in [0, 0.1) is 0 Å². The molecule has 4 nitrogen and oxygen atoms in total. The van der Waals surface area contributed by atoms with Crippen molar-refractivity contribution in [3.05, 3.63) is 46.1 Å². The fraction of sp³-hybridized carbons (Fsp3) is 0.143. The number of nitrogens with zero attached hydrogens (tertiary/aromatic N) is 3. The highest BCUT2D eigenvalue weighted by Crippen LogP contribution is 2.33. The number of halogens is 2. The molecule has 0 saturated carbocycles. The summed E-state index contributed by atoms with van der Waals surface area (Å²) >= 11 is 12.3. The van der Waals surface area contributed by atoms with Gasteiger partial charge in [-0.25, -0.2) is 0 Å². The minimum Gasteiger partial charge on any atom is -0.368 e. The predicted octanol–water partition coefficient (Wildman–Crippen LogP) is 3.85. The molecule has 0 radical (unpaired) electrons. The van der Waals surface area contributed by atoms with Crippen molar-refractivity contribution < 1.29 is 0 Å². The van der Waals surface area contributed by atoms with Crippen molar-refractivity contribution in [3.8, 4) is 11.1 Å². The highest BCUT2D eigenvalue weighted by Gasteiger charge is 2.12. The molecular formula is C14H12Cl2N4. The van der Waals surface area contributed by atoms with Gasteiger partial charge in [0.15, 0.2) is 5.65 Å². The highest BCUT2D eigenvalue weighted by molar-refractivity contribution is 6.36. The topological polar surface area (TPSA) is 56.2 Å². The Balaban J connectivity index is 2.30. The number of nitrogen functional groups attached to an aromatic ring is 1. The number of rotatable bonds is 2. The molecule has 0 fully saturated rings. The Morgan fingerprint density at radius 1 is 1.15 bits per heavy atom. The predicted molar refractivity (Wildman–Crippen MR) is 82.2 cm³/mol. The lowest BCUT2D eigenvalue weighted by Crippen LogP contribution is -1.98. The third kappa shape index (κ3) is 2.11. The first-order chi connectivity index (χ1) is 9.60. The fourth-order valence-corrected chi connectivity index (χ4v) is 2.75. The summed E-state index contributed by atoms with van der Waals surface area (Å²) < 4.78 is 1.75. The molecule has 0 aliphatic carbocycles. The summed E-state index contributed by atoms with van der Waals surface area (Å²) in [6.07, 6.45) is 2.77. The summed E-state index contributed by atoms with van der Waals surface area (Å²) in [6.45, 7) is 2.08. The van der Waals surface area contributed by atoms with Crippen LogP contribution in [-0.2, 0) is 6.42 Å². The van der Waals surface area contributed by atoms with E-state index in [-0.39, 0.29) is 0 Å². The smallest absolute Gasteiger partial charge is 0.226 e. The van der Waals surface area contributed by atoms with E-state index in [1.54, 1.807) is 10.5 Å². The molecule has 3 rings (SSSR count). The van der Waals surface area contributed by atoms with Gasteiger partial charge in [-0.15, -0.1) is 10.2 Å². The van der Waals surface area contributed by atoms with Crippen molar-refractivity contribution in [2.24, 2.45) is 0 Å². The van der Waals surface area contributed by atoms with Crippen molar-refractivity contribution in [1.82, 2.24) is 14.6 Å². The molecule has 0 atom stereocenters. The Labute approximate surface area is 126 Å². The number of nitrogens with two attached hydrogens (primary N) is 1. The van der Waals surface area contributed by atoms with E-state index in [9.17, 15) is 0 Å². The Kier molecular flexibility index (Phi) is 3.28. The molecule has 0 aliphatic heterocycles. The van der Waals surface area contributed by atoms with Crippen LogP contribution in [0.15, 0.2) is 30.5 Å². The molecule has 0 unspecified atom stereocenters. The maximum atomic E-state index is 6.30. The third-order valence-electron chi connectivity index (χ3n) is 3.26. The van der Waals surface area contributed by atoms with Crippen LogP contribution < -0.4 is 5.73 Å². The Morgan fingerprint density at radius 2 is 1.95 bits per heavy atom. The lowest BCUT2D eigenvalue weighted by molar-refractivity contribution is 1.10. The molecular weight excluding hydrogens is 295 g/mol. The molecule has 1 aromatic carbocycles. The number of pyridine rings is 1. The Morgan fingerprint density at radius 3 is 2.65 bits per heavy atom. The SMILES string of the molecule is CCc1cc2nnc(N)n2cc1-c1ccc(Cl)cc1Cl. The van der Waals surface area contributed by atoms with Gasteiger partial charge in [-0.2, -0.15) is 0 Å². The molecule has 0 aliphatic rings. The van der Waals surface area contributed by atoms with E-state index in [4.69, 9.17) is 28.9 Å². The zero-order valence-corrected chi connectivity index (χ0v) is 12.3. The maximum absolute atomic E-state index is 6.30. The summed E-state index contributed by atoms with van der Waals surface area (Å²) in [7, 11) is 0. The number of anilines is 1. The molecule has 2 N–H and O–H groups in total.